The van der Waals surface area contributed by atoms with E-state index in [9.17, 15) is 0 Å². The summed E-state index contributed by atoms with van der Waals surface area (Å²) >= 11 is 0. The maximum absolute atomic E-state index is 6.69. The van der Waals surface area contributed by atoms with Gasteiger partial charge in [0.25, 0.3) is 0 Å². The Labute approximate surface area is 219 Å². The molecule has 4 aromatic rings. The molecule has 0 saturated heterocycles. The maximum Gasteiger partial charge on any atom is 2.00 e. The van der Waals surface area contributed by atoms with E-state index >= 15 is 0 Å². The molecule has 0 amide bonds. The quantitative estimate of drug-likeness (QED) is 0.0791. The summed E-state index contributed by atoms with van der Waals surface area (Å²) in [5.41, 5.74) is 3.34. The molecule has 0 N–H and O–H groups in total. The van der Waals surface area contributed by atoms with E-state index in [0.717, 1.165) is 16.7 Å². The number of rotatable bonds is 6. The molecule has 0 nitrogen and oxygen atoms in total. The molecule has 2 heteroatoms. The molecule has 0 aliphatic heterocycles. The summed E-state index contributed by atoms with van der Waals surface area (Å²) in [4.78, 5) is 0. The van der Waals surface area contributed by atoms with E-state index in [1.54, 1.807) is 0 Å². The van der Waals surface area contributed by atoms with Crippen LogP contribution in [-0.2, 0) is 19.5 Å². The average Bonchev–Trinajstić information content (AvgIpc) is 2.90. The van der Waals surface area contributed by atoms with E-state index < -0.39 is 7.92 Å². The van der Waals surface area contributed by atoms with E-state index in [4.69, 9.17) is 6.42 Å². The largest absolute Gasteiger partial charge is 2.00 e. The number of hydrogen-bond acceptors (Lipinski definition) is 0. The van der Waals surface area contributed by atoms with Gasteiger partial charge in [0.2, 0.25) is 0 Å². The zero-order valence-corrected chi connectivity index (χ0v) is 21.7. The van der Waals surface area contributed by atoms with Crippen molar-refractivity contribution in [2.75, 3.05) is 0 Å². The van der Waals surface area contributed by atoms with Crippen LogP contribution in [0.5, 0.6) is 0 Å². The third kappa shape index (κ3) is 8.39. The van der Waals surface area contributed by atoms with Gasteiger partial charge in [0.15, 0.2) is 0 Å². The number of hydrogen-bond donors (Lipinski definition) is 0. The van der Waals surface area contributed by atoms with Gasteiger partial charge in [-0.15, -0.1) is 35.4 Å². The molecule has 0 fully saturated rings. The molecule has 0 aromatic heterocycles. The van der Waals surface area contributed by atoms with Crippen LogP contribution >= 0.6 is 7.92 Å². The van der Waals surface area contributed by atoms with Gasteiger partial charge in [0.05, 0.1) is 0 Å². The molecule has 34 heavy (non-hydrogen) atoms. The molecule has 1 radical (unpaired) electrons. The first-order chi connectivity index (χ1) is 16.2. The Hall–Kier alpha value is -3.03. The monoisotopic (exact) mass is 545 g/mol. The molecule has 169 valence electrons. The summed E-state index contributed by atoms with van der Waals surface area (Å²) in [6.45, 7) is 6.58. The summed E-state index contributed by atoms with van der Waals surface area (Å²) in [5, 5.41) is 2.75. The van der Waals surface area contributed by atoms with Gasteiger partial charge in [-0.25, -0.2) is 0 Å². The topological polar surface area (TPSA) is 0 Å². The van der Waals surface area contributed by atoms with E-state index in [0.29, 0.717) is 5.66 Å². The fourth-order valence-electron chi connectivity index (χ4n) is 3.30. The predicted molar refractivity (Wildman–Crippen MR) is 144 cm³/mol. The molecular weight excluding hydrogens is 518 g/mol. The van der Waals surface area contributed by atoms with Gasteiger partial charge in [0, 0.05) is 0 Å². The predicted octanol–water partition coefficient (Wildman–Crippen LogP) is 7.20. The standard InChI is InChI=1S/C24H22P.C8H5.Rh/c1-20(18-19-22-12-6-3-7-13-22)21(2)25(23-14-8-4-9-15-23)24-16-10-5-11-17-24;1-2-8-6-4-3-5-7-8;/h3-17,19,21H,1H2,2H3;3-7H;/q2*-1;+2. The Kier molecular flexibility index (Phi) is 12.0. The summed E-state index contributed by atoms with van der Waals surface area (Å²) in [6.07, 6.45) is 12.1. The van der Waals surface area contributed by atoms with Crippen LogP contribution in [0.15, 0.2) is 133 Å². The van der Waals surface area contributed by atoms with Crippen LogP contribution in [0.25, 0.3) is 6.08 Å². The second-order valence-corrected chi connectivity index (χ2v) is 9.98. The average molecular weight is 545 g/mol. The van der Waals surface area contributed by atoms with Crippen molar-refractivity contribution in [3.63, 3.8) is 0 Å². The molecule has 0 heterocycles. The first-order valence-corrected chi connectivity index (χ1v) is 12.3. The molecular formula is C32H27PRh. The van der Waals surface area contributed by atoms with Crippen molar-refractivity contribution in [1.82, 2.24) is 0 Å². The van der Waals surface area contributed by atoms with Crippen molar-refractivity contribution < 1.29 is 19.5 Å². The minimum absolute atomic E-state index is 0. The second-order valence-electron chi connectivity index (χ2n) is 7.43. The Bertz CT molecular complexity index is 1140. The zero-order valence-electron chi connectivity index (χ0n) is 19.2. The summed E-state index contributed by atoms with van der Waals surface area (Å²) in [5.74, 6) is 2.28. The van der Waals surface area contributed by atoms with Crippen molar-refractivity contribution in [1.29, 1.82) is 0 Å². The fourth-order valence-corrected chi connectivity index (χ4v) is 5.86. The van der Waals surface area contributed by atoms with Gasteiger partial charge in [-0.05, 0) is 24.2 Å². The molecule has 0 aliphatic rings. The first-order valence-electron chi connectivity index (χ1n) is 10.9. The molecule has 0 aliphatic carbocycles. The van der Waals surface area contributed by atoms with Gasteiger partial charge in [-0.2, -0.15) is 24.3 Å². The van der Waals surface area contributed by atoms with Gasteiger partial charge >= 0.3 is 19.5 Å². The van der Waals surface area contributed by atoms with Crippen molar-refractivity contribution in [2.24, 2.45) is 0 Å². The van der Waals surface area contributed by atoms with Crippen molar-refractivity contribution in [3.8, 4) is 5.92 Å². The van der Waals surface area contributed by atoms with E-state index in [2.05, 4.69) is 98.3 Å². The SMILES string of the molecule is C=C([C-]=Cc1ccccc1)C(C)P(c1ccccc1)c1ccccc1.[C-]#Cc1ccccc1.[Rh+2]. The van der Waals surface area contributed by atoms with E-state index in [1.165, 1.54) is 10.6 Å². The van der Waals surface area contributed by atoms with Crippen LogP contribution in [0.4, 0.5) is 0 Å². The maximum atomic E-state index is 6.69. The van der Waals surface area contributed by atoms with Gasteiger partial charge in [-0.3, -0.25) is 5.92 Å². The molecule has 4 rings (SSSR count). The summed E-state index contributed by atoms with van der Waals surface area (Å²) < 4.78 is 0. The fraction of sp³-hybridized carbons (Fsp3) is 0.0625. The molecule has 4 aromatic carbocycles. The Morgan fingerprint density at radius 3 is 1.59 bits per heavy atom. The van der Waals surface area contributed by atoms with Gasteiger partial charge < -0.3 is 6.42 Å². The third-order valence-corrected chi connectivity index (χ3v) is 7.90. The summed E-state index contributed by atoms with van der Waals surface area (Å²) in [6, 6.07) is 41.2. The van der Waals surface area contributed by atoms with Crippen LogP contribution in [0.1, 0.15) is 18.1 Å². The second kappa shape index (κ2) is 15.0. The van der Waals surface area contributed by atoms with E-state index in [-0.39, 0.29) is 19.5 Å². The van der Waals surface area contributed by atoms with Crippen LogP contribution in [0, 0.1) is 18.4 Å². The Morgan fingerprint density at radius 2 is 1.18 bits per heavy atom. The minimum Gasteiger partial charge on any atom is -0.366 e. The van der Waals surface area contributed by atoms with Crippen LogP contribution in [-0.4, -0.2) is 5.66 Å². The third-order valence-electron chi connectivity index (χ3n) is 5.10. The molecule has 0 spiro atoms. The zero-order chi connectivity index (χ0) is 23.3. The normalized spacial score (nSPS) is 11.0. The molecule has 1 atom stereocenters. The minimum atomic E-state index is -0.514. The smallest absolute Gasteiger partial charge is 0.366 e. The first kappa shape index (κ1) is 27.2. The van der Waals surface area contributed by atoms with Crippen molar-refractivity contribution in [2.45, 2.75) is 12.6 Å². The molecule has 0 bridgehead atoms. The Morgan fingerprint density at radius 1 is 0.765 bits per heavy atom. The number of benzene rings is 4. The molecule has 0 saturated carbocycles. The van der Waals surface area contributed by atoms with Crippen LogP contribution in [0.2, 0.25) is 0 Å². The Balaban J connectivity index is 0.000000386. The van der Waals surface area contributed by atoms with Crippen molar-refractivity contribution in [3.05, 3.63) is 157 Å². The van der Waals surface area contributed by atoms with E-state index in [1.807, 2.05) is 54.6 Å². The van der Waals surface area contributed by atoms with Crippen LogP contribution < -0.4 is 10.6 Å². The molecule has 1 unspecified atom stereocenters. The summed E-state index contributed by atoms with van der Waals surface area (Å²) in [7, 11) is -0.514. The number of allylic oxidation sites excluding steroid dienone is 2. The van der Waals surface area contributed by atoms with Crippen LogP contribution in [0.3, 0.4) is 0 Å². The van der Waals surface area contributed by atoms with Crippen molar-refractivity contribution >= 4 is 24.6 Å². The van der Waals surface area contributed by atoms with Gasteiger partial charge in [0.1, 0.15) is 0 Å². The van der Waals surface area contributed by atoms with Gasteiger partial charge in [-0.1, -0.05) is 104 Å².